The Labute approximate surface area is 171 Å². The van der Waals surface area contributed by atoms with Gasteiger partial charge in [-0.05, 0) is 44.7 Å². The van der Waals surface area contributed by atoms with Gasteiger partial charge in [-0.1, -0.05) is 0 Å². The van der Waals surface area contributed by atoms with E-state index in [1.165, 1.54) is 22.9 Å². The molecule has 0 bridgehead atoms. The molecule has 0 atom stereocenters. The van der Waals surface area contributed by atoms with E-state index >= 15 is 0 Å². The van der Waals surface area contributed by atoms with Crippen LogP contribution in [0.1, 0.15) is 45.0 Å². The number of methoxy groups -OCH3 is 1. The molecule has 7 nitrogen and oxygen atoms in total. The van der Waals surface area contributed by atoms with Crippen LogP contribution in [0.2, 0.25) is 0 Å². The van der Waals surface area contributed by atoms with Crippen molar-refractivity contribution >= 4 is 33.3 Å². The third kappa shape index (κ3) is 3.42. The second kappa shape index (κ2) is 7.59. The molecule has 1 aliphatic rings. The van der Waals surface area contributed by atoms with Crippen molar-refractivity contribution in [3.05, 3.63) is 50.1 Å². The molecule has 3 aromatic heterocycles. The molecular weight excluding hydrogens is 390 g/mol. The predicted molar refractivity (Wildman–Crippen MR) is 111 cm³/mol. The van der Waals surface area contributed by atoms with E-state index in [1.807, 2.05) is 24.5 Å². The molecule has 29 heavy (non-hydrogen) atoms. The molecule has 4 rings (SSSR count). The number of ether oxygens (including phenoxy) is 1. The van der Waals surface area contributed by atoms with Crippen LogP contribution in [0.5, 0.6) is 0 Å². The monoisotopic (exact) mass is 413 g/mol. The zero-order valence-electron chi connectivity index (χ0n) is 16.8. The fourth-order valence-electron chi connectivity index (χ4n) is 4.10. The molecule has 0 radical (unpaired) electrons. The first-order valence-electron chi connectivity index (χ1n) is 9.67. The van der Waals surface area contributed by atoms with Crippen molar-refractivity contribution in [3.63, 3.8) is 0 Å². The average Bonchev–Trinajstić information content (AvgIpc) is 3.35. The van der Waals surface area contributed by atoms with Crippen LogP contribution in [0, 0.1) is 13.8 Å². The average molecular weight is 413 g/mol. The van der Waals surface area contributed by atoms with E-state index in [1.54, 1.807) is 11.3 Å². The highest BCUT2D eigenvalue weighted by atomic mass is 32.1. The molecule has 0 aromatic carbocycles. The summed E-state index contributed by atoms with van der Waals surface area (Å²) in [6.45, 7) is 4.16. The van der Waals surface area contributed by atoms with Crippen LogP contribution in [0.15, 0.2) is 17.2 Å². The van der Waals surface area contributed by atoms with Gasteiger partial charge in [0, 0.05) is 28.4 Å². The number of ketones is 1. The summed E-state index contributed by atoms with van der Waals surface area (Å²) in [6.07, 6.45) is 4.70. The zero-order valence-corrected chi connectivity index (χ0v) is 17.6. The largest absolute Gasteiger partial charge is 0.469 e. The minimum atomic E-state index is -0.292. The Kier molecular flexibility index (Phi) is 5.12. The summed E-state index contributed by atoms with van der Waals surface area (Å²) in [5.74, 6) is -0.433. The number of thiophene rings is 1. The normalized spacial score (nSPS) is 13.1. The van der Waals surface area contributed by atoms with E-state index in [0.717, 1.165) is 41.0 Å². The minimum Gasteiger partial charge on any atom is -0.469 e. The standard InChI is InChI=1S/C21H23N3O4S/c1-12-9-15(13(2)24(12)8-7-18(26)28-3)16(25)10-23-11-22-20-19(21(23)27)14-5-4-6-17(14)29-20/h9,11H,4-8,10H2,1-3H3. The summed E-state index contributed by atoms with van der Waals surface area (Å²) < 4.78 is 8.04. The topological polar surface area (TPSA) is 83.2 Å². The van der Waals surface area contributed by atoms with E-state index in [0.29, 0.717) is 17.5 Å². The fourth-order valence-corrected chi connectivity index (χ4v) is 5.32. The Morgan fingerprint density at radius 1 is 1.28 bits per heavy atom. The van der Waals surface area contributed by atoms with Gasteiger partial charge in [-0.2, -0.15) is 0 Å². The molecule has 0 saturated heterocycles. The van der Waals surface area contributed by atoms with Gasteiger partial charge in [0.15, 0.2) is 5.78 Å². The quantitative estimate of drug-likeness (QED) is 0.458. The molecule has 0 fully saturated rings. The molecule has 0 amide bonds. The molecular formula is C21H23N3O4S. The maximum absolute atomic E-state index is 13.0. The number of carbonyl (C=O) groups is 2. The Bertz CT molecular complexity index is 1180. The molecule has 3 heterocycles. The van der Waals surface area contributed by atoms with E-state index < -0.39 is 0 Å². The molecule has 1 aliphatic carbocycles. The van der Waals surface area contributed by atoms with Gasteiger partial charge in [-0.3, -0.25) is 19.0 Å². The lowest BCUT2D eigenvalue weighted by Crippen LogP contribution is -2.25. The minimum absolute atomic E-state index is 0.0479. The van der Waals surface area contributed by atoms with Crippen molar-refractivity contribution in [2.75, 3.05) is 7.11 Å². The van der Waals surface area contributed by atoms with Gasteiger partial charge in [0.1, 0.15) is 4.83 Å². The summed E-state index contributed by atoms with van der Waals surface area (Å²) >= 11 is 1.59. The lowest BCUT2D eigenvalue weighted by molar-refractivity contribution is -0.140. The summed E-state index contributed by atoms with van der Waals surface area (Å²) in [5, 5.41) is 0.682. The number of hydrogen-bond donors (Lipinski definition) is 0. The molecule has 0 N–H and O–H groups in total. The van der Waals surface area contributed by atoms with Crippen LogP contribution in [0.3, 0.4) is 0 Å². The van der Waals surface area contributed by atoms with Gasteiger partial charge in [-0.15, -0.1) is 11.3 Å². The van der Waals surface area contributed by atoms with E-state index in [9.17, 15) is 14.4 Å². The van der Waals surface area contributed by atoms with Crippen molar-refractivity contribution in [1.82, 2.24) is 14.1 Å². The first-order chi connectivity index (χ1) is 13.9. The van der Waals surface area contributed by atoms with Gasteiger partial charge < -0.3 is 9.30 Å². The van der Waals surface area contributed by atoms with Crippen LogP contribution >= 0.6 is 11.3 Å². The molecule has 0 spiro atoms. The summed E-state index contributed by atoms with van der Waals surface area (Å²) in [4.78, 5) is 43.9. The highest BCUT2D eigenvalue weighted by molar-refractivity contribution is 7.18. The summed E-state index contributed by atoms with van der Waals surface area (Å²) in [7, 11) is 1.36. The number of esters is 1. The number of aromatic nitrogens is 3. The molecule has 0 aliphatic heterocycles. The second-order valence-electron chi connectivity index (χ2n) is 7.40. The number of aryl methyl sites for hydroxylation is 3. The third-order valence-electron chi connectivity index (χ3n) is 5.65. The Hall–Kier alpha value is -2.74. The van der Waals surface area contributed by atoms with E-state index in [4.69, 9.17) is 4.74 Å². The number of carbonyl (C=O) groups excluding carboxylic acids is 2. The van der Waals surface area contributed by atoms with E-state index in [2.05, 4.69) is 4.98 Å². The van der Waals surface area contributed by atoms with Gasteiger partial charge in [-0.25, -0.2) is 4.98 Å². The van der Waals surface area contributed by atoms with Crippen molar-refractivity contribution in [3.8, 4) is 0 Å². The number of fused-ring (bicyclic) bond motifs is 3. The Balaban J connectivity index is 1.61. The smallest absolute Gasteiger partial charge is 0.307 e. The summed E-state index contributed by atoms with van der Waals surface area (Å²) in [6, 6.07) is 1.81. The molecule has 152 valence electrons. The lowest BCUT2D eigenvalue weighted by atomic mass is 10.1. The SMILES string of the molecule is COC(=O)CCn1c(C)cc(C(=O)Cn2cnc3sc4c(c3c2=O)CCC4)c1C. The molecule has 8 heteroatoms. The first-order valence-corrected chi connectivity index (χ1v) is 10.5. The van der Waals surface area contributed by atoms with Crippen molar-refractivity contribution < 1.29 is 14.3 Å². The molecule has 0 unspecified atom stereocenters. The highest BCUT2D eigenvalue weighted by Crippen LogP contribution is 2.34. The molecule has 3 aromatic rings. The van der Waals surface area contributed by atoms with Gasteiger partial charge in [0.25, 0.3) is 5.56 Å². The number of nitrogens with zero attached hydrogens (tertiary/aromatic N) is 3. The van der Waals surface area contributed by atoms with Gasteiger partial charge in [0.05, 0.1) is 31.8 Å². The van der Waals surface area contributed by atoms with Gasteiger partial charge in [0.2, 0.25) is 0 Å². The number of hydrogen-bond acceptors (Lipinski definition) is 6. The van der Waals surface area contributed by atoms with E-state index in [-0.39, 0.29) is 30.3 Å². The van der Waals surface area contributed by atoms with Crippen LogP contribution in [-0.4, -0.2) is 33.0 Å². The highest BCUT2D eigenvalue weighted by Gasteiger charge is 2.23. The van der Waals surface area contributed by atoms with Crippen molar-refractivity contribution in [2.45, 2.75) is 52.6 Å². The van der Waals surface area contributed by atoms with Gasteiger partial charge >= 0.3 is 5.97 Å². The lowest BCUT2D eigenvalue weighted by Gasteiger charge is -2.09. The second-order valence-corrected chi connectivity index (χ2v) is 8.48. The number of rotatable bonds is 6. The molecule has 0 saturated carbocycles. The third-order valence-corrected chi connectivity index (χ3v) is 6.85. The Morgan fingerprint density at radius 2 is 2.07 bits per heavy atom. The van der Waals surface area contributed by atoms with Crippen LogP contribution in [0.25, 0.3) is 10.2 Å². The van der Waals surface area contributed by atoms with Crippen molar-refractivity contribution in [2.24, 2.45) is 0 Å². The fraction of sp³-hybridized carbons (Fsp3) is 0.429. The number of Topliss-reactive ketones (excluding diaryl/α,β-unsaturated/α-hetero) is 1. The predicted octanol–water partition coefficient (Wildman–Crippen LogP) is 2.81. The zero-order chi connectivity index (χ0) is 20.7. The first kappa shape index (κ1) is 19.6. The maximum Gasteiger partial charge on any atom is 0.307 e. The maximum atomic E-state index is 13.0. The van der Waals surface area contributed by atoms with Crippen LogP contribution < -0.4 is 5.56 Å². The van der Waals surface area contributed by atoms with Crippen LogP contribution in [-0.2, 0) is 35.5 Å². The summed E-state index contributed by atoms with van der Waals surface area (Å²) in [5.41, 5.74) is 3.23. The van der Waals surface area contributed by atoms with Crippen molar-refractivity contribution in [1.29, 1.82) is 0 Å². The Morgan fingerprint density at radius 3 is 2.83 bits per heavy atom. The van der Waals surface area contributed by atoms with Crippen LogP contribution in [0.4, 0.5) is 0 Å².